The van der Waals surface area contributed by atoms with Crippen molar-refractivity contribution >= 4 is 16.8 Å². The first-order chi connectivity index (χ1) is 10.8. The molecule has 112 valence electrons. The summed E-state index contributed by atoms with van der Waals surface area (Å²) in [6, 6.07) is 13.1. The van der Waals surface area contributed by atoms with E-state index >= 15 is 0 Å². The lowest BCUT2D eigenvalue weighted by Gasteiger charge is -2.09. The van der Waals surface area contributed by atoms with Crippen LogP contribution in [-0.2, 0) is 0 Å². The van der Waals surface area contributed by atoms with Crippen LogP contribution in [-0.4, -0.2) is 17.4 Å². The smallest absolute Gasteiger partial charge is 0.252 e. The number of pyridine rings is 1. The Morgan fingerprint density at radius 3 is 2.86 bits per heavy atom. The normalized spacial score (nSPS) is 10.8. The number of para-hydroxylation sites is 1. The highest BCUT2D eigenvalue weighted by molar-refractivity contribution is 6.07. The SMILES string of the molecule is CCCCNC(=O)c1cc(-c2ccco2)nc2ccccc12. The second kappa shape index (κ2) is 6.43. The summed E-state index contributed by atoms with van der Waals surface area (Å²) in [6.45, 7) is 2.78. The highest BCUT2D eigenvalue weighted by Crippen LogP contribution is 2.25. The number of carbonyl (C=O) groups excluding carboxylic acids is 1. The topological polar surface area (TPSA) is 55.1 Å². The Morgan fingerprint density at radius 1 is 1.23 bits per heavy atom. The zero-order valence-corrected chi connectivity index (χ0v) is 12.5. The van der Waals surface area contributed by atoms with Crippen LogP contribution in [0.2, 0.25) is 0 Å². The molecule has 1 aromatic carbocycles. The summed E-state index contributed by atoms with van der Waals surface area (Å²) in [5, 5.41) is 3.82. The lowest BCUT2D eigenvalue weighted by atomic mass is 10.1. The largest absolute Gasteiger partial charge is 0.463 e. The van der Waals surface area contributed by atoms with Crippen molar-refractivity contribution in [3.63, 3.8) is 0 Å². The van der Waals surface area contributed by atoms with Gasteiger partial charge in [-0.2, -0.15) is 0 Å². The number of nitrogens with zero attached hydrogens (tertiary/aromatic N) is 1. The fourth-order valence-electron chi connectivity index (χ4n) is 2.39. The van der Waals surface area contributed by atoms with Gasteiger partial charge >= 0.3 is 0 Å². The van der Waals surface area contributed by atoms with Crippen molar-refractivity contribution in [1.29, 1.82) is 0 Å². The number of amides is 1. The molecule has 0 aliphatic rings. The van der Waals surface area contributed by atoms with Crippen LogP contribution in [0.15, 0.2) is 53.1 Å². The Bertz CT molecular complexity index is 779. The van der Waals surface area contributed by atoms with E-state index in [-0.39, 0.29) is 5.91 Å². The number of furan rings is 1. The van der Waals surface area contributed by atoms with Crippen LogP contribution in [0.25, 0.3) is 22.4 Å². The third-order valence-electron chi connectivity index (χ3n) is 3.55. The van der Waals surface area contributed by atoms with E-state index in [1.165, 1.54) is 0 Å². The Kier molecular flexibility index (Phi) is 4.19. The molecule has 0 unspecified atom stereocenters. The Labute approximate surface area is 129 Å². The van der Waals surface area contributed by atoms with Gasteiger partial charge in [0.2, 0.25) is 0 Å². The van der Waals surface area contributed by atoms with E-state index in [2.05, 4.69) is 17.2 Å². The summed E-state index contributed by atoms with van der Waals surface area (Å²) in [4.78, 5) is 17.1. The molecule has 3 rings (SSSR count). The van der Waals surface area contributed by atoms with E-state index in [0.717, 1.165) is 23.7 Å². The maximum Gasteiger partial charge on any atom is 0.252 e. The molecule has 0 aliphatic heterocycles. The van der Waals surface area contributed by atoms with Gasteiger partial charge in [-0.1, -0.05) is 31.5 Å². The van der Waals surface area contributed by atoms with Gasteiger partial charge in [-0.3, -0.25) is 4.79 Å². The molecule has 2 heterocycles. The van der Waals surface area contributed by atoms with Crippen molar-refractivity contribution in [1.82, 2.24) is 10.3 Å². The summed E-state index contributed by atoms with van der Waals surface area (Å²) in [5.74, 6) is 0.591. The first kappa shape index (κ1) is 14.3. The van der Waals surface area contributed by atoms with Gasteiger partial charge in [0.05, 0.1) is 17.3 Å². The summed E-state index contributed by atoms with van der Waals surface area (Å²) in [5.41, 5.74) is 2.09. The molecule has 0 atom stereocenters. The maximum absolute atomic E-state index is 12.5. The highest BCUT2D eigenvalue weighted by atomic mass is 16.3. The first-order valence-electron chi connectivity index (χ1n) is 7.51. The molecule has 0 bridgehead atoms. The van der Waals surface area contributed by atoms with Crippen LogP contribution in [0.5, 0.6) is 0 Å². The van der Waals surface area contributed by atoms with Crippen molar-refractivity contribution in [3.8, 4) is 11.5 Å². The number of hydrogen-bond acceptors (Lipinski definition) is 3. The second-order valence-electron chi connectivity index (χ2n) is 5.16. The Hall–Kier alpha value is -2.62. The summed E-state index contributed by atoms with van der Waals surface area (Å²) in [6.07, 6.45) is 3.63. The third kappa shape index (κ3) is 2.86. The number of fused-ring (bicyclic) bond motifs is 1. The van der Waals surface area contributed by atoms with Crippen LogP contribution in [0.4, 0.5) is 0 Å². The molecule has 22 heavy (non-hydrogen) atoms. The zero-order chi connectivity index (χ0) is 15.4. The van der Waals surface area contributed by atoms with Crippen molar-refractivity contribution < 1.29 is 9.21 Å². The molecular formula is C18H18N2O2. The number of carbonyl (C=O) groups is 1. The number of hydrogen-bond donors (Lipinski definition) is 1. The molecule has 0 saturated carbocycles. The molecular weight excluding hydrogens is 276 g/mol. The number of aromatic nitrogens is 1. The standard InChI is InChI=1S/C18H18N2O2/c1-2-3-10-19-18(21)14-12-16(17-9-6-11-22-17)20-15-8-5-4-7-13(14)15/h4-9,11-12H,2-3,10H2,1H3,(H,19,21). The average molecular weight is 294 g/mol. The van der Waals surface area contributed by atoms with E-state index < -0.39 is 0 Å². The fourth-order valence-corrected chi connectivity index (χ4v) is 2.39. The minimum atomic E-state index is -0.0696. The molecule has 0 fully saturated rings. The van der Waals surface area contributed by atoms with Gasteiger partial charge in [0, 0.05) is 11.9 Å². The van der Waals surface area contributed by atoms with E-state index in [9.17, 15) is 4.79 Å². The summed E-state index contributed by atoms with van der Waals surface area (Å²) in [7, 11) is 0. The first-order valence-corrected chi connectivity index (χ1v) is 7.51. The predicted octanol–water partition coefficient (Wildman–Crippen LogP) is 4.02. The van der Waals surface area contributed by atoms with E-state index in [1.807, 2.05) is 36.4 Å². The number of benzene rings is 1. The number of nitrogens with one attached hydrogen (secondary N) is 1. The lowest BCUT2D eigenvalue weighted by Crippen LogP contribution is -2.24. The van der Waals surface area contributed by atoms with Gasteiger partial charge in [0.1, 0.15) is 5.69 Å². The molecule has 3 aromatic rings. The molecule has 0 aliphatic carbocycles. The Morgan fingerprint density at radius 2 is 2.09 bits per heavy atom. The Balaban J connectivity index is 2.05. The monoisotopic (exact) mass is 294 g/mol. The molecule has 1 N–H and O–H groups in total. The van der Waals surface area contributed by atoms with Gasteiger partial charge in [-0.05, 0) is 30.7 Å². The van der Waals surface area contributed by atoms with E-state index in [1.54, 1.807) is 12.3 Å². The zero-order valence-electron chi connectivity index (χ0n) is 12.5. The highest BCUT2D eigenvalue weighted by Gasteiger charge is 2.14. The van der Waals surface area contributed by atoms with E-state index in [0.29, 0.717) is 23.6 Å². The van der Waals surface area contributed by atoms with Crippen molar-refractivity contribution in [2.45, 2.75) is 19.8 Å². The van der Waals surface area contributed by atoms with Crippen LogP contribution >= 0.6 is 0 Å². The van der Waals surface area contributed by atoms with Crippen LogP contribution < -0.4 is 5.32 Å². The van der Waals surface area contributed by atoms with Gasteiger partial charge in [-0.25, -0.2) is 4.98 Å². The van der Waals surface area contributed by atoms with Crippen LogP contribution in [0.1, 0.15) is 30.1 Å². The van der Waals surface area contributed by atoms with Crippen molar-refractivity contribution in [2.75, 3.05) is 6.54 Å². The van der Waals surface area contributed by atoms with Gasteiger partial charge in [0.15, 0.2) is 5.76 Å². The van der Waals surface area contributed by atoms with Gasteiger partial charge in [-0.15, -0.1) is 0 Å². The van der Waals surface area contributed by atoms with Crippen LogP contribution in [0.3, 0.4) is 0 Å². The minimum absolute atomic E-state index is 0.0696. The molecule has 0 saturated heterocycles. The van der Waals surface area contributed by atoms with Gasteiger partial charge < -0.3 is 9.73 Å². The van der Waals surface area contributed by atoms with Crippen LogP contribution in [0, 0.1) is 0 Å². The number of unbranched alkanes of at least 4 members (excludes halogenated alkanes) is 1. The predicted molar refractivity (Wildman–Crippen MR) is 86.7 cm³/mol. The third-order valence-corrected chi connectivity index (χ3v) is 3.55. The minimum Gasteiger partial charge on any atom is -0.463 e. The fraction of sp³-hybridized carbons (Fsp3) is 0.222. The van der Waals surface area contributed by atoms with Crippen molar-refractivity contribution in [3.05, 3.63) is 54.3 Å². The number of rotatable bonds is 5. The second-order valence-corrected chi connectivity index (χ2v) is 5.16. The lowest BCUT2D eigenvalue weighted by molar-refractivity contribution is 0.0955. The molecule has 2 aromatic heterocycles. The summed E-state index contributed by atoms with van der Waals surface area (Å²) < 4.78 is 5.41. The maximum atomic E-state index is 12.5. The summed E-state index contributed by atoms with van der Waals surface area (Å²) >= 11 is 0. The molecule has 0 radical (unpaired) electrons. The average Bonchev–Trinajstić information content (AvgIpc) is 3.08. The molecule has 0 spiro atoms. The van der Waals surface area contributed by atoms with E-state index in [4.69, 9.17) is 4.42 Å². The van der Waals surface area contributed by atoms with Gasteiger partial charge in [0.25, 0.3) is 5.91 Å². The van der Waals surface area contributed by atoms with Crippen molar-refractivity contribution in [2.24, 2.45) is 0 Å². The molecule has 4 nitrogen and oxygen atoms in total. The molecule has 1 amide bonds. The molecule has 4 heteroatoms. The quantitative estimate of drug-likeness (QED) is 0.723.